The smallest absolute Gasteiger partial charge is 0.226 e. The minimum absolute atomic E-state index is 0.0450. The van der Waals surface area contributed by atoms with Crippen molar-refractivity contribution in [2.45, 2.75) is 13.0 Å². The summed E-state index contributed by atoms with van der Waals surface area (Å²) in [7, 11) is 0. The lowest BCUT2D eigenvalue weighted by atomic mass is 10.0. The molecule has 0 radical (unpaired) electrons. The van der Waals surface area contributed by atoms with Gasteiger partial charge in [-0.25, -0.2) is 0 Å². The number of nitrogens with one attached hydrogen (secondary N) is 1. The molecule has 3 rings (SSSR count). The molecule has 0 heterocycles. The molecule has 0 aliphatic rings. The maximum Gasteiger partial charge on any atom is 0.226 e. The molecular weight excluding hydrogens is 310 g/mol. The fraction of sp³-hybridized carbons (Fsp3) is 0.136. The highest BCUT2D eigenvalue weighted by molar-refractivity contribution is 5.95. The Bertz CT molecular complexity index is 801. The van der Waals surface area contributed by atoms with Crippen LogP contribution >= 0.6 is 0 Å². The summed E-state index contributed by atoms with van der Waals surface area (Å²) in [6.45, 7) is 0.920. The summed E-state index contributed by atoms with van der Waals surface area (Å²) >= 11 is 0. The number of anilines is 1. The van der Waals surface area contributed by atoms with E-state index in [1.165, 1.54) is 0 Å². The predicted molar refractivity (Wildman–Crippen MR) is 101 cm³/mol. The first-order valence-corrected chi connectivity index (χ1v) is 8.39. The maximum atomic E-state index is 12.2. The van der Waals surface area contributed by atoms with Crippen molar-refractivity contribution < 1.29 is 9.53 Å². The highest BCUT2D eigenvalue weighted by atomic mass is 16.5. The molecule has 0 unspecified atom stereocenters. The fourth-order valence-electron chi connectivity index (χ4n) is 2.60. The Labute approximate surface area is 148 Å². The molecule has 0 atom stereocenters. The molecular formula is C22H21NO2. The molecule has 25 heavy (non-hydrogen) atoms. The first-order valence-electron chi connectivity index (χ1n) is 8.39. The van der Waals surface area contributed by atoms with Crippen LogP contribution in [0.25, 0.3) is 11.1 Å². The molecule has 3 aromatic carbocycles. The number of hydrogen-bond acceptors (Lipinski definition) is 2. The molecule has 0 fully saturated rings. The zero-order chi connectivity index (χ0) is 17.3. The summed E-state index contributed by atoms with van der Waals surface area (Å²) in [5, 5.41) is 2.99. The van der Waals surface area contributed by atoms with E-state index in [1.807, 2.05) is 84.9 Å². The Hall–Kier alpha value is -2.91. The second-order valence-corrected chi connectivity index (χ2v) is 5.75. The molecule has 0 spiro atoms. The van der Waals surface area contributed by atoms with Crippen molar-refractivity contribution in [2.75, 3.05) is 11.9 Å². The van der Waals surface area contributed by atoms with Crippen molar-refractivity contribution in [1.82, 2.24) is 0 Å². The summed E-state index contributed by atoms with van der Waals surface area (Å²) in [5.41, 5.74) is 4.03. The number of carbonyl (C=O) groups excluding carboxylic acids is 1. The van der Waals surface area contributed by atoms with Crippen LogP contribution in [0.2, 0.25) is 0 Å². The Kier molecular flexibility index (Phi) is 5.96. The highest BCUT2D eigenvalue weighted by Gasteiger charge is 2.08. The Morgan fingerprint density at radius 2 is 1.44 bits per heavy atom. The molecule has 0 bridgehead atoms. The Morgan fingerprint density at radius 1 is 0.800 bits per heavy atom. The van der Waals surface area contributed by atoms with Gasteiger partial charge in [-0.3, -0.25) is 4.79 Å². The van der Waals surface area contributed by atoms with Crippen LogP contribution in [0.4, 0.5) is 5.69 Å². The van der Waals surface area contributed by atoms with Gasteiger partial charge in [0, 0.05) is 11.3 Å². The van der Waals surface area contributed by atoms with E-state index < -0.39 is 0 Å². The van der Waals surface area contributed by atoms with Crippen LogP contribution in [0.1, 0.15) is 12.0 Å². The summed E-state index contributed by atoms with van der Waals surface area (Å²) in [6.07, 6.45) is 0.329. The van der Waals surface area contributed by atoms with E-state index in [4.69, 9.17) is 4.74 Å². The first kappa shape index (κ1) is 16.9. The average Bonchev–Trinajstić information content (AvgIpc) is 2.67. The number of ether oxygens (including phenoxy) is 1. The average molecular weight is 331 g/mol. The first-order chi connectivity index (χ1) is 12.3. The standard InChI is InChI=1S/C22H21NO2/c24-22(15-16-25-17-18-9-3-1-4-10-18)23-21-14-8-7-13-20(21)19-11-5-2-6-12-19/h1-14H,15-17H2,(H,23,24). The quantitative estimate of drug-likeness (QED) is 0.625. The van der Waals surface area contributed by atoms with Crippen LogP contribution in [-0.2, 0) is 16.1 Å². The maximum absolute atomic E-state index is 12.2. The van der Waals surface area contributed by atoms with Crippen molar-refractivity contribution in [3.05, 3.63) is 90.5 Å². The molecule has 0 saturated heterocycles. The van der Waals surface area contributed by atoms with Gasteiger partial charge in [0.15, 0.2) is 0 Å². The number of carbonyl (C=O) groups is 1. The van der Waals surface area contributed by atoms with Gasteiger partial charge in [0.2, 0.25) is 5.91 Å². The van der Waals surface area contributed by atoms with Crippen molar-refractivity contribution in [3.63, 3.8) is 0 Å². The number of para-hydroxylation sites is 1. The van der Waals surface area contributed by atoms with E-state index in [0.717, 1.165) is 22.4 Å². The third kappa shape index (κ3) is 5.03. The molecule has 0 saturated carbocycles. The number of hydrogen-bond donors (Lipinski definition) is 1. The molecule has 0 aliphatic carbocycles. The van der Waals surface area contributed by atoms with Gasteiger partial charge in [0.25, 0.3) is 0 Å². The summed E-state index contributed by atoms with van der Waals surface area (Å²) in [4.78, 5) is 12.2. The van der Waals surface area contributed by atoms with Gasteiger partial charge in [-0.1, -0.05) is 78.9 Å². The predicted octanol–water partition coefficient (Wildman–Crippen LogP) is 4.90. The minimum Gasteiger partial charge on any atom is -0.376 e. The molecule has 0 aliphatic heterocycles. The zero-order valence-electron chi connectivity index (χ0n) is 14.0. The Balaban J connectivity index is 1.53. The summed E-state index contributed by atoms with van der Waals surface area (Å²) in [5.74, 6) is -0.0450. The second kappa shape index (κ2) is 8.81. The highest BCUT2D eigenvalue weighted by Crippen LogP contribution is 2.27. The van der Waals surface area contributed by atoms with Crippen molar-refractivity contribution in [2.24, 2.45) is 0 Å². The monoisotopic (exact) mass is 331 g/mol. The van der Waals surface area contributed by atoms with Crippen LogP contribution in [0.3, 0.4) is 0 Å². The van der Waals surface area contributed by atoms with E-state index in [2.05, 4.69) is 5.32 Å². The van der Waals surface area contributed by atoms with Crippen LogP contribution in [0.5, 0.6) is 0 Å². The molecule has 3 aromatic rings. The third-order valence-corrected chi connectivity index (χ3v) is 3.87. The molecule has 3 nitrogen and oxygen atoms in total. The van der Waals surface area contributed by atoms with E-state index in [0.29, 0.717) is 19.6 Å². The lowest BCUT2D eigenvalue weighted by Gasteiger charge is -2.11. The topological polar surface area (TPSA) is 38.3 Å². The van der Waals surface area contributed by atoms with Crippen LogP contribution < -0.4 is 5.32 Å². The largest absolute Gasteiger partial charge is 0.376 e. The van der Waals surface area contributed by atoms with Crippen LogP contribution in [0, 0.1) is 0 Å². The molecule has 0 aromatic heterocycles. The lowest BCUT2D eigenvalue weighted by molar-refractivity contribution is -0.117. The molecule has 3 heteroatoms. The van der Waals surface area contributed by atoms with Gasteiger partial charge in [-0.2, -0.15) is 0 Å². The molecule has 126 valence electrons. The summed E-state index contributed by atoms with van der Waals surface area (Å²) < 4.78 is 5.58. The van der Waals surface area contributed by atoms with Crippen molar-refractivity contribution >= 4 is 11.6 Å². The van der Waals surface area contributed by atoms with Gasteiger partial charge < -0.3 is 10.1 Å². The fourth-order valence-corrected chi connectivity index (χ4v) is 2.60. The van der Waals surface area contributed by atoms with Crippen molar-refractivity contribution in [1.29, 1.82) is 0 Å². The van der Waals surface area contributed by atoms with Gasteiger partial charge in [-0.15, -0.1) is 0 Å². The van der Waals surface area contributed by atoms with E-state index in [1.54, 1.807) is 0 Å². The van der Waals surface area contributed by atoms with Gasteiger partial charge in [0.05, 0.1) is 19.6 Å². The molecule has 1 N–H and O–H groups in total. The second-order valence-electron chi connectivity index (χ2n) is 5.75. The Morgan fingerprint density at radius 3 is 2.20 bits per heavy atom. The van der Waals surface area contributed by atoms with Gasteiger partial charge in [-0.05, 0) is 17.2 Å². The van der Waals surface area contributed by atoms with E-state index >= 15 is 0 Å². The van der Waals surface area contributed by atoms with Crippen LogP contribution in [-0.4, -0.2) is 12.5 Å². The van der Waals surface area contributed by atoms with E-state index in [-0.39, 0.29) is 5.91 Å². The third-order valence-electron chi connectivity index (χ3n) is 3.87. The van der Waals surface area contributed by atoms with E-state index in [9.17, 15) is 4.79 Å². The number of benzene rings is 3. The number of rotatable bonds is 7. The van der Waals surface area contributed by atoms with Gasteiger partial charge in [0.1, 0.15) is 0 Å². The molecule has 1 amide bonds. The zero-order valence-corrected chi connectivity index (χ0v) is 14.0. The van der Waals surface area contributed by atoms with Crippen molar-refractivity contribution in [3.8, 4) is 11.1 Å². The minimum atomic E-state index is -0.0450. The SMILES string of the molecule is O=C(CCOCc1ccccc1)Nc1ccccc1-c1ccccc1. The van der Waals surface area contributed by atoms with Crippen LogP contribution in [0.15, 0.2) is 84.9 Å². The number of amides is 1. The summed E-state index contributed by atoms with van der Waals surface area (Å²) in [6, 6.07) is 27.8. The lowest BCUT2D eigenvalue weighted by Crippen LogP contribution is -2.14. The van der Waals surface area contributed by atoms with Gasteiger partial charge >= 0.3 is 0 Å². The normalized spacial score (nSPS) is 10.4.